The topological polar surface area (TPSA) is 56.5 Å². The van der Waals surface area contributed by atoms with Gasteiger partial charge in [0.15, 0.2) is 5.82 Å². The second-order valence-corrected chi connectivity index (χ2v) is 6.98. The van der Waals surface area contributed by atoms with Gasteiger partial charge in [-0.1, -0.05) is 41.1 Å². The maximum Gasteiger partial charge on any atom is 0.276 e. The van der Waals surface area contributed by atoms with E-state index in [1.54, 1.807) is 12.1 Å². The quantitative estimate of drug-likeness (QED) is 0.542. The number of thiazole rings is 1. The molecule has 130 valence electrons. The van der Waals surface area contributed by atoms with Crippen molar-refractivity contribution in [2.24, 2.45) is 0 Å². The van der Waals surface area contributed by atoms with E-state index in [4.69, 9.17) is 16.3 Å². The van der Waals surface area contributed by atoms with E-state index in [1.165, 1.54) is 15.7 Å². The zero-order valence-electron chi connectivity index (χ0n) is 13.8. The van der Waals surface area contributed by atoms with Crippen LogP contribution in [0, 0.1) is 0 Å². The summed E-state index contributed by atoms with van der Waals surface area (Å²) in [5.74, 6) is 1.26. The lowest BCUT2D eigenvalue weighted by molar-refractivity contribution is 0.339. The van der Waals surface area contributed by atoms with E-state index in [-0.39, 0.29) is 5.56 Å². The smallest absolute Gasteiger partial charge is 0.276 e. The van der Waals surface area contributed by atoms with Crippen LogP contribution in [0.4, 0.5) is 0 Å². The molecule has 0 fully saturated rings. The van der Waals surface area contributed by atoms with Gasteiger partial charge in [-0.2, -0.15) is 0 Å². The Morgan fingerprint density at radius 3 is 2.69 bits per heavy atom. The van der Waals surface area contributed by atoms with Crippen molar-refractivity contribution in [3.8, 4) is 17.1 Å². The van der Waals surface area contributed by atoms with Crippen LogP contribution in [0.1, 0.15) is 12.5 Å². The first-order valence-corrected chi connectivity index (χ1v) is 9.24. The van der Waals surface area contributed by atoms with E-state index in [1.807, 2.05) is 49.4 Å². The molecule has 0 saturated heterocycles. The molecule has 0 N–H and O–H groups in total. The highest BCUT2D eigenvalue weighted by Crippen LogP contribution is 2.21. The Bertz CT molecular complexity index is 1180. The molecule has 7 heteroatoms. The molecule has 0 radical (unpaired) electrons. The summed E-state index contributed by atoms with van der Waals surface area (Å²) in [5.41, 5.74) is 1.50. The van der Waals surface area contributed by atoms with Gasteiger partial charge in [0.05, 0.1) is 11.1 Å². The predicted molar refractivity (Wildman–Crippen MR) is 104 cm³/mol. The van der Waals surface area contributed by atoms with Gasteiger partial charge in [0.25, 0.3) is 5.56 Å². The highest BCUT2D eigenvalue weighted by molar-refractivity contribution is 7.15. The molecule has 0 unspecified atom stereocenters. The number of hydrogen-bond acceptors (Lipinski definition) is 5. The largest absolute Gasteiger partial charge is 0.493 e. The Labute approximate surface area is 158 Å². The third-order valence-electron chi connectivity index (χ3n) is 3.86. The minimum absolute atomic E-state index is 0.147. The number of fused-ring (bicyclic) bond motifs is 1. The number of nitrogens with zero attached hydrogens (tertiary/aromatic N) is 3. The third kappa shape index (κ3) is 2.98. The molecule has 4 rings (SSSR count). The fourth-order valence-electron chi connectivity index (χ4n) is 2.68. The summed E-state index contributed by atoms with van der Waals surface area (Å²) in [4.78, 5) is 13.5. The average Bonchev–Trinajstić information content (AvgIpc) is 3.19. The molecule has 5 nitrogen and oxygen atoms in total. The van der Waals surface area contributed by atoms with Crippen LogP contribution in [0.3, 0.4) is 0 Å². The minimum atomic E-state index is -0.147. The highest BCUT2D eigenvalue weighted by atomic mass is 35.5. The van der Waals surface area contributed by atoms with Gasteiger partial charge in [-0.05, 0) is 43.3 Å². The fraction of sp³-hybridized carbons (Fsp3) is 0.105. The van der Waals surface area contributed by atoms with Crippen molar-refractivity contribution in [2.45, 2.75) is 6.92 Å². The zero-order valence-corrected chi connectivity index (χ0v) is 15.4. The van der Waals surface area contributed by atoms with Gasteiger partial charge >= 0.3 is 0 Å². The lowest BCUT2D eigenvalue weighted by Gasteiger charge is -2.05. The van der Waals surface area contributed by atoms with E-state index in [0.29, 0.717) is 26.9 Å². The molecule has 0 bridgehead atoms. The van der Waals surface area contributed by atoms with Crippen LogP contribution in [0.25, 0.3) is 22.4 Å². The Hall–Kier alpha value is -2.70. The van der Waals surface area contributed by atoms with Crippen LogP contribution in [-0.4, -0.2) is 21.2 Å². The molecular formula is C19H14ClN3O2S. The molecule has 2 aromatic heterocycles. The van der Waals surface area contributed by atoms with Gasteiger partial charge in [-0.15, -0.1) is 10.2 Å². The summed E-state index contributed by atoms with van der Waals surface area (Å²) in [6.45, 7) is 2.49. The first-order valence-electron chi connectivity index (χ1n) is 8.05. The summed E-state index contributed by atoms with van der Waals surface area (Å²) >= 11 is 7.24. The van der Waals surface area contributed by atoms with Gasteiger partial charge in [-0.3, -0.25) is 4.79 Å². The number of rotatable bonds is 4. The second-order valence-electron chi connectivity index (χ2n) is 5.54. The number of halogens is 1. The van der Waals surface area contributed by atoms with E-state index >= 15 is 0 Å². The van der Waals surface area contributed by atoms with Gasteiger partial charge in [0.2, 0.25) is 4.96 Å². The molecule has 0 spiro atoms. The van der Waals surface area contributed by atoms with Crippen LogP contribution in [0.5, 0.6) is 5.75 Å². The number of benzene rings is 2. The van der Waals surface area contributed by atoms with Crippen molar-refractivity contribution >= 4 is 34.0 Å². The maximum atomic E-state index is 12.9. The standard InChI is InChI=1S/C19H14ClN3O2S/c1-2-25-15-6-4-3-5-13(15)11-16-18(24)23-17(21-22-19(23)26-16)12-7-9-14(20)10-8-12/h3-11H,2H2,1H3/b16-11+. The number of aromatic nitrogens is 3. The van der Waals surface area contributed by atoms with Gasteiger partial charge in [-0.25, -0.2) is 4.40 Å². The van der Waals surface area contributed by atoms with Crippen molar-refractivity contribution in [2.75, 3.05) is 6.61 Å². The number of para-hydroxylation sites is 1. The number of ether oxygens (including phenoxy) is 1. The van der Waals surface area contributed by atoms with Crippen LogP contribution < -0.4 is 14.8 Å². The zero-order chi connectivity index (χ0) is 18.1. The Balaban J connectivity index is 1.88. The van der Waals surface area contributed by atoms with E-state index in [9.17, 15) is 4.79 Å². The van der Waals surface area contributed by atoms with E-state index in [0.717, 1.165) is 16.9 Å². The molecule has 0 aliphatic heterocycles. The van der Waals surface area contributed by atoms with Gasteiger partial charge in [0, 0.05) is 16.1 Å². The summed E-state index contributed by atoms with van der Waals surface area (Å²) in [7, 11) is 0. The minimum Gasteiger partial charge on any atom is -0.493 e. The van der Waals surface area contributed by atoms with Crippen LogP contribution >= 0.6 is 22.9 Å². The molecule has 2 aromatic carbocycles. The van der Waals surface area contributed by atoms with Crippen LogP contribution in [0.15, 0.2) is 53.3 Å². The second kappa shape index (κ2) is 6.90. The number of hydrogen-bond donors (Lipinski definition) is 0. The SMILES string of the molecule is CCOc1ccccc1/C=c1/sc2nnc(-c3ccc(Cl)cc3)n2c1=O. The van der Waals surface area contributed by atoms with Crippen LogP contribution in [-0.2, 0) is 0 Å². The molecule has 2 heterocycles. The van der Waals surface area contributed by atoms with Crippen molar-refractivity contribution in [3.63, 3.8) is 0 Å². The molecule has 26 heavy (non-hydrogen) atoms. The lowest BCUT2D eigenvalue weighted by Crippen LogP contribution is -2.23. The Morgan fingerprint density at radius 2 is 1.92 bits per heavy atom. The van der Waals surface area contributed by atoms with Crippen molar-refractivity contribution in [1.82, 2.24) is 14.6 Å². The van der Waals surface area contributed by atoms with Gasteiger partial charge < -0.3 is 4.74 Å². The normalized spacial score (nSPS) is 12.0. The first kappa shape index (κ1) is 16.8. The molecule has 0 aliphatic rings. The molecule has 0 amide bonds. The van der Waals surface area contributed by atoms with Crippen molar-refractivity contribution in [1.29, 1.82) is 0 Å². The third-order valence-corrected chi connectivity index (χ3v) is 5.07. The summed E-state index contributed by atoms with van der Waals surface area (Å²) in [6, 6.07) is 14.8. The molecule has 0 atom stereocenters. The highest BCUT2D eigenvalue weighted by Gasteiger charge is 2.14. The van der Waals surface area contributed by atoms with Gasteiger partial charge in [0.1, 0.15) is 5.75 Å². The average molecular weight is 384 g/mol. The summed E-state index contributed by atoms with van der Waals surface area (Å²) < 4.78 is 7.74. The van der Waals surface area contributed by atoms with E-state index in [2.05, 4.69) is 10.2 Å². The molecule has 0 saturated carbocycles. The molecule has 0 aliphatic carbocycles. The predicted octanol–water partition coefficient (Wildman–Crippen LogP) is 3.42. The van der Waals surface area contributed by atoms with Crippen molar-refractivity contribution in [3.05, 3.63) is 74.0 Å². The Kier molecular flexibility index (Phi) is 4.44. The molecular weight excluding hydrogens is 370 g/mol. The Morgan fingerprint density at radius 1 is 1.15 bits per heavy atom. The summed E-state index contributed by atoms with van der Waals surface area (Å²) in [5, 5.41) is 8.93. The lowest BCUT2D eigenvalue weighted by atomic mass is 10.2. The monoisotopic (exact) mass is 383 g/mol. The van der Waals surface area contributed by atoms with E-state index < -0.39 is 0 Å². The van der Waals surface area contributed by atoms with Crippen LogP contribution in [0.2, 0.25) is 5.02 Å². The maximum absolute atomic E-state index is 12.9. The summed E-state index contributed by atoms with van der Waals surface area (Å²) in [6.07, 6.45) is 1.83. The molecule has 4 aromatic rings. The fourth-order valence-corrected chi connectivity index (χ4v) is 3.71. The first-order chi connectivity index (χ1) is 12.7. The van der Waals surface area contributed by atoms with Crippen molar-refractivity contribution < 1.29 is 4.74 Å².